The highest BCUT2D eigenvalue weighted by Gasteiger charge is 2.19. The summed E-state index contributed by atoms with van der Waals surface area (Å²) in [6.07, 6.45) is 2.03. The molecule has 0 spiro atoms. The molecule has 6 heteroatoms. The van der Waals surface area contributed by atoms with Gasteiger partial charge in [-0.2, -0.15) is 5.26 Å². The van der Waals surface area contributed by atoms with Crippen LogP contribution in [0.15, 0.2) is 12.4 Å². The van der Waals surface area contributed by atoms with E-state index in [1.54, 1.807) is 6.07 Å². The maximum Gasteiger partial charge on any atom is 0.318 e. The largest absolute Gasteiger partial charge is 0.501 e. The molecule has 0 aromatic carbocycles. The molecule has 0 amide bonds. The molecular weight excluding hydrogens is 174 g/mol. The Morgan fingerprint density at radius 2 is 2.38 bits per heavy atom. The van der Waals surface area contributed by atoms with Gasteiger partial charge in [-0.15, -0.1) is 0 Å². The van der Waals surface area contributed by atoms with Gasteiger partial charge < -0.3 is 5.11 Å². The first-order valence-corrected chi connectivity index (χ1v) is 3.34. The van der Waals surface area contributed by atoms with Crippen LogP contribution in [0, 0.1) is 21.4 Å². The number of hydrogen-bond donors (Lipinski definition) is 1. The maximum absolute atomic E-state index is 10.4. The van der Waals surface area contributed by atoms with E-state index >= 15 is 0 Å². The highest BCUT2D eigenvalue weighted by atomic mass is 16.6. The average molecular weight is 179 g/mol. The summed E-state index contributed by atoms with van der Waals surface area (Å²) in [7, 11) is 0. The lowest BCUT2D eigenvalue weighted by Crippen LogP contribution is -1.96. The van der Waals surface area contributed by atoms with E-state index in [2.05, 4.69) is 4.98 Å². The molecular formula is C7H5N3O3. The second-order valence-electron chi connectivity index (χ2n) is 2.26. The fourth-order valence-electron chi connectivity index (χ4n) is 0.910. The molecule has 1 aromatic heterocycles. The Labute approximate surface area is 73.2 Å². The number of pyridine rings is 1. The topological polar surface area (TPSA) is 100 Å². The highest BCUT2D eigenvalue weighted by Crippen LogP contribution is 2.28. The van der Waals surface area contributed by atoms with E-state index in [1.807, 2.05) is 0 Å². The zero-order chi connectivity index (χ0) is 9.84. The molecule has 0 bridgehead atoms. The Morgan fingerprint density at radius 1 is 1.69 bits per heavy atom. The van der Waals surface area contributed by atoms with Gasteiger partial charge in [0.15, 0.2) is 0 Å². The van der Waals surface area contributed by atoms with Crippen molar-refractivity contribution in [1.29, 1.82) is 5.26 Å². The lowest BCUT2D eigenvalue weighted by atomic mass is 10.2. The van der Waals surface area contributed by atoms with Crippen LogP contribution in [0.5, 0.6) is 5.75 Å². The van der Waals surface area contributed by atoms with Crippen molar-refractivity contribution in [2.45, 2.75) is 6.42 Å². The maximum atomic E-state index is 10.4. The van der Waals surface area contributed by atoms with Crippen LogP contribution < -0.4 is 0 Å². The lowest BCUT2D eigenvalue weighted by molar-refractivity contribution is -0.386. The normalized spacial score (nSPS) is 9.15. The van der Waals surface area contributed by atoms with Crippen LogP contribution in [0.4, 0.5) is 5.69 Å². The quantitative estimate of drug-likeness (QED) is 0.533. The first-order valence-electron chi connectivity index (χ1n) is 3.34. The number of nitro groups is 1. The molecule has 0 aliphatic carbocycles. The van der Waals surface area contributed by atoms with Gasteiger partial charge in [0.2, 0.25) is 5.75 Å². The van der Waals surface area contributed by atoms with Gasteiger partial charge in [0.25, 0.3) is 0 Å². The van der Waals surface area contributed by atoms with Crippen LogP contribution in [-0.2, 0) is 6.42 Å². The number of aromatic hydroxyl groups is 1. The molecule has 0 unspecified atom stereocenters. The summed E-state index contributed by atoms with van der Waals surface area (Å²) >= 11 is 0. The fraction of sp³-hybridized carbons (Fsp3) is 0.143. The SMILES string of the molecule is N#CCc1cncc(O)c1[N+](=O)[O-]. The first-order chi connectivity index (χ1) is 6.16. The Balaban J connectivity index is 3.27. The van der Waals surface area contributed by atoms with Crippen LogP contribution in [-0.4, -0.2) is 15.0 Å². The molecule has 0 saturated carbocycles. The summed E-state index contributed by atoms with van der Waals surface area (Å²) in [5.74, 6) is -0.516. The van der Waals surface area contributed by atoms with E-state index in [1.165, 1.54) is 6.20 Å². The van der Waals surface area contributed by atoms with Crippen molar-refractivity contribution in [3.63, 3.8) is 0 Å². The predicted octanol–water partition coefficient (Wildman–Crippen LogP) is 0.761. The summed E-state index contributed by atoms with van der Waals surface area (Å²) in [5.41, 5.74) is -0.330. The standard InChI is InChI=1S/C7H5N3O3/c8-2-1-5-3-9-4-6(11)7(5)10(12)13/h3-4,11H,1H2. The Bertz CT molecular complexity index is 383. The minimum absolute atomic E-state index is 0.118. The number of aromatic nitrogens is 1. The summed E-state index contributed by atoms with van der Waals surface area (Å²) in [6.45, 7) is 0. The van der Waals surface area contributed by atoms with Crippen molar-refractivity contribution in [3.8, 4) is 11.8 Å². The second-order valence-corrected chi connectivity index (χ2v) is 2.26. The molecule has 0 saturated heterocycles. The molecule has 1 N–H and O–H groups in total. The van der Waals surface area contributed by atoms with E-state index in [0.717, 1.165) is 6.20 Å². The number of nitrogens with zero attached hydrogens (tertiary/aromatic N) is 3. The monoisotopic (exact) mass is 179 g/mol. The Hall–Kier alpha value is -2.16. The summed E-state index contributed by atoms with van der Waals surface area (Å²) in [5, 5.41) is 27.8. The van der Waals surface area contributed by atoms with Crippen LogP contribution in [0.3, 0.4) is 0 Å². The average Bonchev–Trinajstić information content (AvgIpc) is 2.04. The van der Waals surface area contributed by atoms with Gasteiger partial charge in [-0.25, -0.2) is 0 Å². The van der Waals surface area contributed by atoms with Crippen LogP contribution in [0.1, 0.15) is 5.56 Å². The van der Waals surface area contributed by atoms with Gasteiger partial charge in [0, 0.05) is 6.20 Å². The molecule has 0 aliphatic heterocycles. The van der Waals surface area contributed by atoms with Gasteiger partial charge in [-0.05, 0) is 0 Å². The third kappa shape index (κ3) is 1.70. The van der Waals surface area contributed by atoms with Gasteiger partial charge in [-0.1, -0.05) is 0 Å². The lowest BCUT2D eigenvalue weighted by Gasteiger charge is -1.98. The minimum atomic E-state index is -0.732. The highest BCUT2D eigenvalue weighted by molar-refractivity contribution is 5.50. The van der Waals surface area contributed by atoms with Crippen molar-refractivity contribution in [1.82, 2.24) is 4.98 Å². The second kappa shape index (κ2) is 3.49. The molecule has 0 atom stereocenters. The zero-order valence-corrected chi connectivity index (χ0v) is 6.47. The van der Waals surface area contributed by atoms with Gasteiger partial charge >= 0.3 is 5.69 Å². The van der Waals surface area contributed by atoms with Crippen molar-refractivity contribution in [2.24, 2.45) is 0 Å². The summed E-state index contributed by atoms with van der Waals surface area (Å²) < 4.78 is 0. The molecule has 1 aromatic rings. The Kier molecular flexibility index (Phi) is 2.40. The van der Waals surface area contributed by atoms with Crippen molar-refractivity contribution < 1.29 is 10.0 Å². The first kappa shape index (κ1) is 8.93. The van der Waals surface area contributed by atoms with Crippen LogP contribution >= 0.6 is 0 Å². The van der Waals surface area contributed by atoms with E-state index in [-0.39, 0.29) is 12.0 Å². The van der Waals surface area contributed by atoms with E-state index in [9.17, 15) is 10.1 Å². The minimum Gasteiger partial charge on any atom is -0.501 e. The zero-order valence-electron chi connectivity index (χ0n) is 6.47. The molecule has 6 nitrogen and oxygen atoms in total. The summed E-state index contributed by atoms with van der Waals surface area (Å²) in [6, 6.07) is 1.75. The molecule has 66 valence electrons. The molecule has 1 heterocycles. The van der Waals surface area contributed by atoms with Crippen molar-refractivity contribution in [2.75, 3.05) is 0 Å². The van der Waals surface area contributed by atoms with Crippen molar-refractivity contribution in [3.05, 3.63) is 28.1 Å². The van der Waals surface area contributed by atoms with E-state index in [0.29, 0.717) is 0 Å². The van der Waals surface area contributed by atoms with Crippen molar-refractivity contribution >= 4 is 5.69 Å². The molecule has 0 aliphatic rings. The van der Waals surface area contributed by atoms with E-state index < -0.39 is 16.4 Å². The van der Waals surface area contributed by atoms with Gasteiger partial charge in [-0.3, -0.25) is 15.1 Å². The fourth-order valence-corrected chi connectivity index (χ4v) is 0.910. The molecule has 0 fully saturated rings. The third-order valence-electron chi connectivity index (χ3n) is 1.43. The molecule has 13 heavy (non-hydrogen) atoms. The number of rotatable bonds is 2. The van der Waals surface area contributed by atoms with E-state index in [4.69, 9.17) is 10.4 Å². The van der Waals surface area contributed by atoms with Gasteiger partial charge in [0.05, 0.1) is 29.2 Å². The Morgan fingerprint density at radius 3 is 2.92 bits per heavy atom. The molecule has 1 rings (SSSR count). The van der Waals surface area contributed by atoms with Gasteiger partial charge in [0.1, 0.15) is 0 Å². The number of nitriles is 1. The predicted molar refractivity (Wildman–Crippen MR) is 41.9 cm³/mol. The van der Waals surface area contributed by atoms with Crippen LogP contribution in [0.2, 0.25) is 0 Å². The third-order valence-corrected chi connectivity index (χ3v) is 1.43. The van der Waals surface area contributed by atoms with Crippen LogP contribution in [0.25, 0.3) is 0 Å². The smallest absolute Gasteiger partial charge is 0.318 e. The number of hydrogen-bond acceptors (Lipinski definition) is 5. The summed E-state index contributed by atoms with van der Waals surface area (Å²) in [4.78, 5) is 13.2. The molecule has 0 radical (unpaired) electrons.